The van der Waals surface area contributed by atoms with Crippen molar-refractivity contribution in [1.29, 1.82) is 0 Å². The second-order valence-corrected chi connectivity index (χ2v) is 9.81. The summed E-state index contributed by atoms with van der Waals surface area (Å²) in [5, 5.41) is 19.1. The van der Waals surface area contributed by atoms with Gasteiger partial charge in [-0.25, -0.2) is 19.7 Å². The first-order valence-electron chi connectivity index (χ1n) is 9.98. The van der Waals surface area contributed by atoms with Crippen molar-refractivity contribution < 1.29 is 14.7 Å². The van der Waals surface area contributed by atoms with E-state index in [0.29, 0.717) is 30.5 Å². The normalized spacial score (nSPS) is 12.4. The number of nitrogens with zero attached hydrogens (tertiary/aromatic N) is 3. The molecule has 0 bridgehead atoms. The van der Waals surface area contributed by atoms with Crippen LogP contribution in [0.5, 0.6) is 0 Å². The maximum atomic E-state index is 12.4. The number of carboxylic acid groups (broad SMARTS) is 1. The van der Waals surface area contributed by atoms with Crippen LogP contribution >= 0.6 is 23.1 Å². The molecule has 0 fully saturated rings. The molecule has 0 aliphatic heterocycles. The fraction of sp³-hybridized carbons (Fsp3) is 0.381. The van der Waals surface area contributed by atoms with Gasteiger partial charge in [-0.2, -0.15) is 0 Å². The molecule has 0 saturated heterocycles. The zero-order valence-corrected chi connectivity index (χ0v) is 19.9. The number of thiazole rings is 1. The molecule has 1 aromatic carbocycles. The van der Waals surface area contributed by atoms with Crippen LogP contribution in [0.3, 0.4) is 0 Å². The summed E-state index contributed by atoms with van der Waals surface area (Å²) in [4.78, 5) is 37.8. The average Bonchev–Trinajstić information content (AvgIpc) is 3.18. The summed E-state index contributed by atoms with van der Waals surface area (Å²) in [7, 11) is 0. The number of hydrogen-bond donors (Lipinski definition) is 4. The first-order chi connectivity index (χ1) is 15.2. The predicted octanol–water partition coefficient (Wildman–Crippen LogP) is 3.56. The standard InChI is InChI=1S/C21H26N6O3S2/c1-12(8-22-19-23-10-14(31-4)11-24-19)9-25-20-26-15-6-5-13(7-16(15)32-20)17(28)27-21(2,3)18(29)30/h5-7,10-12H,8-9H2,1-4H3,(H,25,26)(H,27,28)(H,29,30)(H,22,23,24)/t12-/m0/s1. The molecule has 0 spiro atoms. The predicted molar refractivity (Wildman–Crippen MR) is 129 cm³/mol. The quantitative estimate of drug-likeness (QED) is 0.326. The SMILES string of the molecule is CSc1cnc(NC[C@H](C)CNc2nc3ccc(C(=O)NC(C)(C)C(=O)O)cc3s2)nc1. The fourth-order valence-corrected chi connectivity index (χ4v) is 3.89. The zero-order valence-electron chi connectivity index (χ0n) is 18.3. The molecule has 1 atom stereocenters. The van der Waals surface area contributed by atoms with E-state index in [0.717, 1.165) is 20.2 Å². The number of rotatable bonds is 10. The second-order valence-electron chi connectivity index (χ2n) is 7.90. The molecule has 4 N–H and O–H groups in total. The average molecular weight is 475 g/mol. The van der Waals surface area contributed by atoms with Crippen molar-refractivity contribution in [3.05, 3.63) is 36.2 Å². The maximum absolute atomic E-state index is 12.4. The molecule has 2 aromatic heterocycles. The highest BCUT2D eigenvalue weighted by molar-refractivity contribution is 7.98. The third kappa shape index (κ3) is 6.07. The van der Waals surface area contributed by atoms with E-state index in [-0.39, 0.29) is 0 Å². The minimum atomic E-state index is -1.35. The number of aliphatic carboxylic acids is 1. The molecule has 170 valence electrons. The van der Waals surface area contributed by atoms with Crippen molar-refractivity contribution in [1.82, 2.24) is 20.3 Å². The third-order valence-corrected chi connectivity index (χ3v) is 6.34. The van der Waals surface area contributed by atoms with Gasteiger partial charge in [-0.1, -0.05) is 18.3 Å². The van der Waals surface area contributed by atoms with E-state index in [9.17, 15) is 14.7 Å². The lowest BCUT2D eigenvalue weighted by Gasteiger charge is -2.20. The van der Waals surface area contributed by atoms with Crippen LogP contribution in [0.15, 0.2) is 35.5 Å². The molecule has 1 amide bonds. The van der Waals surface area contributed by atoms with Crippen LogP contribution in [0, 0.1) is 5.92 Å². The number of carboxylic acids is 1. The summed E-state index contributed by atoms with van der Waals surface area (Å²) in [5.74, 6) is -0.630. The van der Waals surface area contributed by atoms with Crippen molar-refractivity contribution in [3.63, 3.8) is 0 Å². The Balaban J connectivity index is 1.56. The van der Waals surface area contributed by atoms with Crippen LogP contribution in [0.1, 0.15) is 31.1 Å². The Kier molecular flexibility index (Phi) is 7.52. The minimum Gasteiger partial charge on any atom is -0.480 e. The highest BCUT2D eigenvalue weighted by Crippen LogP contribution is 2.27. The van der Waals surface area contributed by atoms with Crippen LogP contribution in [-0.4, -0.2) is 56.8 Å². The number of carbonyl (C=O) groups excluding carboxylic acids is 1. The Hall–Kier alpha value is -2.92. The molecule has 0 radical (unpaired) electrons. The van der Waals surface area contributed by atoms with Gasteiger partial charge in [0, 0.05) is 35.9 Å². The minimum absolute atomic E-state index is 0.297. The monoisotopic (exact) mass is 474 g/mol. The molecule has 3 rings (SSSR count). The van der Waals surface area contributed by atoms with Gasteiger partial charge in [0.05, 0.1) is 10.2 Å². The molecule has 2 heterocycles. The summed E-state index contributed by atoms with van der Waals surface area (Å²) in [6.45, 7) is 6.41. The molecule has 0 aliphatic rings. The molecular weight excluding hydrogens is 448 g/mol. The van der Waals surface area contributed by atoms with E-state index < -0.39 is 17.4 Å². The van der Waals surface area contributed by atoms with Crippen LogP contribution in [0.25, 0.3) is 10.2 Å². The van der Waals surface area contributed by atoms with E-state index in [4.69, 9.17) is 0 Å². The number of thioether (sulfide) groups is 1. The van der Waals surface area contributed by atoms with Crippen LogP contribution in [0.2, 0.25) is 0 Å². The summed E-state index contributed by atoms with van der Waals surface area (Å²) >= 11 is 3.05. The number of amides is 1. The molecule has 0 unspecified atom stereocenters. The lowest BCUT2D eigenvalue weighted by molar-refractivity contribution is -0.143. The van der Waals surface area contributed by atoms with Gasteiger partial charge in [0.25, 0.3) is 5.91 Å². The molecule has 0 saturated carbocycles. The molecule has 3 aromatic rings. The molecule has 32 heavy (non-hydrogen) atoms. The van der Waals surface area contributed by atoms with Crippen molar-refractivity contribution >= 4 is 56.3 Å². The topological polar surface area (TPSA) is 129 Å². The van der Waals surface area contributed by atoms with Gasteiger partial charge >= 0.3 is 5.97 Å². The van der Waals surface area contributed by atoms with Gasteiger partial charge in [-0.3, -0.25) is 4.79 Å². The third-order valence-electron chi connectivity index (χ3n) is 4.69. The van der Waals surface area contributed by atoms with E-state index >= 15 is 0 Å². The first-order valence-corrected chi connectivity index (χ1v) is 12.0. The second kappa shape index (κ2) is 10.1. The van der Waals surface area contributed by atoms with E-state index in [1.807, 2.05) is 6.26 Å². The van der Waals surface area contributed by atoms with Crippen molar-refractivity contribution in [2.45, 2.75) is 31.2 Å². The summed E-state index contributed by atoms with van der Waals surface area (Å²) in [6.07, 6.45) is 5.57. The van der Waals surface area contributed by atoms with Crippen LogP contribution in [0.4, 0.5) is 11.1 Å². The number of anilines is 2. The lowest BCUT2D eigenvalue weighted by atomic mass is 10.1. The van der Waals surface area contributed by atoms with Gasteiger partial charge in [0.2, 0.25) is 5.95 Å². The van der Waals surface area contributed by atoms with Crippen molar-refractivity contribution in [2.75, 3.05) is 30.0 Å². The van der Waals surface area contributed by atoms with Gasteiger partial charge in [0.1, 0.15) is 5.54 Å². The number of carbonyl (C=O) groups is 2. The van der Waals surface area contributed by atoms with E-state index in [2.05, 4.69) is 37.8 Å². The smallest absolute Gasteiger partial charge is 0.328 e. The Bertz CT molecular complexity index is 1100. The van der Waals surface area contributed by atoms with Crippen LogP contribution in [-0.2, 0) is 4.79 Å². The zero-order chi connectivity index (χ0) is 23.3. The van der Waals surface area contributed by atoms with Gasteiger partial charge in [0.15, 0.2) is 5.13 Å². The van der Waals surface area contributed by atoms with Gasteiger partial charge in [-0.05, 0) is 44.2 Å². The Morgan fingerprint density at radius 2 is 1.88 bits per heavy atom. The lowest BCUT2D eigenvalue weighted by Crippen LogP contribution is -2.49. The fourth-order valence-electron chi connectivity index (χ4n) is 2.66. The number of fused-ring (bicyclic) bond motifs is 1. The Labute approximate surface area is 194 Å². The molecule has 0 aliphatic carbocycles. The number of nitrogens with one attached hydrogen (secondary N) is 3. The Morgan fingerprint density at radius 3 is 2.53 bits per heavy atom. The molecule has 9 nitrogen and oxygen atoms in total. The van der Waals surface area contributed by atoms with Gasteiger partial charge < -0.3 is 21.1 Å². The number of hydrogen-bond acceptors (Lipinski definition) is 9. The maximum Gasteiger partial charge on any atom is 0.328 e. The molecular formula is C21H26N6O3S2. The van der Waals surface area contributed by atoms with E-state index in [1.54, 1.807) is 42.4 Å². The van der Waals surface area contributed by atoms with Crippen molar-refractivity contribution in [3.8, 4) is 0 Å². The number of benzene rings is 1. The van der Waals surface area contributed by atoms with E-state index in [1.165, 1.54) is 25.2 Å². The largest absolute Gasteiger partial charge is 0.480 e. The Morgan fingerprint density at radius 1 is 1.19 bits per heavy atom. The van der Waals surface area contributed by atoms with Crippen LogP contribution < -0.4 is 16.0 Å². The summed E-state index contributed by atoms with van der Waals surface area (Å²) in [6, 6.07) is 5.14. The molecule has 11 heteroatoms. The summed E-state index contributed by atoms with van der Waals surface area (Å²) in [5.41, 5.74) is -0.176. The highest BCUT2D eigenvalue weighted by atomic mass is 32.2. The summed E-state index contributed by atoms with van der Waals surface area (Å²) < 4.78 is 0.848. The first kappa shape index (κ1) is 23.7. The number of aromatic nitrogens is 3. The van der Waals surface area contributed by atoms with Gasteiger partial charge in [-0.15, -0.1) is 11.8 Å². The highest BCUT2D eigenvalue weighted by Gasteiger charge is 2.29. The van der Waals surface area contributed by atoms with Crippen molar-refractivity contribution in [2.24, 2.45) is 5.92 Å².